The molecule has 35 heavy (non-hydrogen) atoms. The fourth-order valence-corrected chi connectivity index (χ4v) is 6.42. The molecule has 1 saturated heterocycles. The van der Waals surface area contributed by atoms with Gasteiger partial charge in [0.15, 0.2) is 9.84 Å². The van der Waals surface area contributed by atoms with Gasteiger partial charge in [0.2, 0.25) is 11.8 Å². The summed E-state index contributed by atoms with van der Waals surface area (Å²) >= 11 is 6.01. The van der Waals surface area contributed by atoms with Crippen molar-refractivity contribution < 1.29 is 18.0 Å². The van der Waals surface area contributed by atoms with Crippen LogP contribution in [0.1, 0.15) is 30.7 Å². The molecule has 8 nitrogen and oxygen atoms in total. The lowest BCUT2D eigenvalue weighted by Crippen LogP contribution is -2.51. The molecular formula is C25H27ClN4O4S. The number of piperidine rings is 1. The van der Waals surface area contributed by atoms with Crippen LogP contribution in [0, 0.1) is 6.92 Å². The second kappa shape index (κ2) is 9.28. The molecule has 0 spiro atoms. The van der Waals surface area contributed by atoms with Crippen LogP contribution < -0.4 is 0 Å². The van der Waals surface area contributed by atoms with Gasteiger partial charge in [0.1, 0.15) is 6.54 Å². The molecule has 3 heterocycles. The lowest BCUT2D eigenvalue weighted by molar-refractivity contribution is -0.139. The molecule has 2 aliphatic rings. The molecule has 0 atom stereocenters. The lowest BCUT2D eigenvalue weighted by atomic mass is 10.0. The molecule has 0 radical (unpaired) electrons. The topological polar surface area (TPSA) is 92.6 Å². The molecule has 1 aromatic heterocycles. The highest BCUT2D eigenvalue weighted by atomic mass is 35.5. The minimum Gasteiger partial charge on any atom is -0.343 e. The average Bonchev–Trinajstić information content (AvgIpc) is 3.21. The summed E-state index contributed by atoms with van der Waals surface area (Å²) in [6.07, 6.45) is 3.02. The van der Waals surface area contributed by atoms with Crippen molar-refractivity contribution in [3.8, 4) is 0 Å². The summed E-state index contributed by atoms with van der Waals surface area (Å²) in [6.45, 7) is 3.82. The molecule has 0 aliphatic carbocycles. The highest BCUT2D eigenvalue weighted by Gasteiger charge is 2.33. The van der Waals surface area contributed by atoms with Crippen LogP contribution in [0.2, 0.25) is 5.02 Å². The van der Waals surface area contributed by atoms with Crippen molar-refractivity contribution in [2.24, 2.45) is 0 Å². The first-order valence-electron chi connectivity index (χ1n) is 11.7. The number of imidazole rings is 1. The van der Waals surface area contributed by atoms with Crippen molar-refractivity contribution in [1.29, 1.82) is 0 Å². The van der Waals surface area contributed by atoms with Gasteiger partial charge in [0, 0.05) is 30.6 Å². The second-order valence-corrected chi connectivity index (χ2v) is 11.8. The van der Waals surface area contributed by atoms with E-state index in [1.165, 1.54) is 0 Å². The maximum Gasteiger partial charge on any atom is 0.243 e. The number of aryl methyl sites for hydroxylation is 1. The SMILES string of the molecule is Cc1ncn2c1CN(C1CCN(C(=O)CCS(=O)(=O)c3ccc4cc(Cl)ccc4c3)CC1)C(=O)C2. The number of hydrogen-bond acceptors (Lipinski definition) is 5. The van der Waals surface area contributed by atoms with Crippen molar-refractivity contribution in [3.63, 3.8) is 0 Å². The molecule has 2 amide bonds. The van der Waals surface area contributed by atoms with Crippen LogP contribution in [0.4, 0.5) is 0 Å². The number of rotatable bonds is 5. The number of nitrogens with zero attached hydrogens (tertiary/aromatic N) is 4. The summed E-state index contributed by atoms with van der Waals surface area (Å²) in [4.78, 5) is 33.6. The van der Waals surface area contributed by atoms with Gasteiger partial charge in [-0.3, -0.25) is 9.59 Å². The Bertz CT molecular complexity index is 1410. The van der Waals surface area contributed by atoms with Crippen molar-refractivity contribution in [1.82, 2.24) is 19.4 Å². The lowest BCUT2D eigenvalue weighted by Gasteiger charge is -2.40. The molecule has 0 saturated carbocycles. The van der Waals surface area contributed by atoms with E-state index in [0.717, 1.165) is 22.2 Å². The minimum absolute atomic E-state index is 0.0628. The number of sulfone groups is 1. The van der Waals surface area contributed by atoms with Crippen molar-refractivity contribution in [3.05, 3.63) is 59.1 Å². The highest BCUT2D eigenvalue weighted by molar-refractivity contribution is 7.91. The number of amides is 2. The van der Waals surface area contributed by atoms with Gasteiger partial charge < -0.3 is 14.4 Å². The Labute approximate surface area is 209 Å². The third kappa shape index (κ3) is 4.79. The zero-order valence-electron chi connectivity index (χ0n) is 19.5. The Hall–Kier alpha value is -2.91. The van der Waals surface area contributed by atoms with Crippen LogP contribution in [0.3, 0.4) is 0 Å². The Morgan fingerprint density at radius 3 is 2.57 bits per heavy atom. The van der Waals surface area contributed by atoms with Gasteiger partial charge in [-0.2, -0.15) is 0 Å². The monoisotopic (exact) mass is 514 g/mol. The van der Waals surface area contributed by atoms with Crippen LogP contribution in [-0.4, -0.2) is 64.5 Å². The van der Waals surface area contributed by atoms with E-state index in [1.54, 1.807) is 47.6 Å². The summed E-state index contributed by atoms with van der Waals surface area (Å²) in [5.74, 6) is -0.333. The van der Waals surface area contributed by atoms with E-state index in [0.29, 0.717) is 44.0 Å². The molecule has 2 aliphatic heterocycles. The molecular weight excluding hydrogens is 488 g/mol. The summed E-state index contributed by atoms with van der Waals surface area (Å²) < 4.78 is 27.7. The van der Waals surface area contributed by atoms with Gasteiger partial charge in [-0.15, -0.1) is 0 Å². The van der Waals surface area contributed by atoms with Crippen molar-refractivity contribution in [2.75, 3.05) is 18.8 Å². The van der Waals surface area contributed by atoms with Crippen LogP contribution in [-0.2, 0) is 32.5 Å². The van der Waals surface area contributed by atoms with E-state index in [4.69, 9.17) is 11.6 Å². The number of carbonyl (C=O) groups is 2. The molecule has 2 aromatic carbocycles. The van der Waals surface area contributed by atoms with E-state index < -0.39 is 9.84 Å². The maximum absolute atomic E-state index is 12.9. The molecule has 0 bridgehead atoms. The standard InChI is InChI=1S/C25H27ClN4O4S/c1-17-23-14-30(25(32)15-29(23)16-27-17)21-6-9-28(10-7-21)24(31)8-11-35(33,34)22-5-3-18-12-20(26)4-2-19(18)13-22/h2-5,12-13,16,21H,6-11,14-15H2,1H3. The van der Waals surface area contributed by atoms with Crippen LogP contribution in [0.5, 0.6) is 0 Å². The summed E-state index contributed by atoms with van der Waals surface area (Å²) in [5.41, 5.74) is 2.00. The Morgan fingerprint density at radius 1 is 1.09 bits per heavy atom. The number of hydrogen-bond donors (Lipinski definition) is 0. The van der Waals surface area contributed by atoms with Crippen LogP contribution in [0.25, 0.3) is 10.8 Å². The zero-order chi connectivity index (χ0) is 24.7. The number of likely N-dealkylation sites (tertiary alicyclic amines) is 1. The smallest absolute Gasteiger partial charge is 0.243 e. The number of halogens is 1. The van der Waals surface area contributed by atoms with Gasteiger partial charge in [-0.25, -0.2) is 13.4 Å². The number of carbonyl (C=O) groups excluding carboxylic acids is 2. The molecule has 10 heteroatoms. The highest BCUT2D eigenvalue weighted by Crippen LogP contribution is 2.26. The van der Waals surface area contributed by atoms with Crippen LogP contribution >= 0.6 is 11.6 Å². The maximum atomic E-state index is 12.9. The first kappa shape index (κ1) is 23.8. The van der Waals surface area contributed by atoms with Gasteiger partial charge in [0.25, 0.3) is 0 Å². The van der Waals surface area contributed by atoms with Gasteiger partial charge >= 0.3 is 0 Å². The van der Waals surface area contributed by atoms with E-state index >= 15 is 0 Å². The van der Waals surface area contributed by atoms with Gasteiger partial charge in [-0.1, -0.05) is 23.7 Å². The second-order valence-electron chi connectivity index (χ2n) is 9.26. The summed E-state index contributed by atoms with van der Waals surface area (Å²) in [5, 5.41) is 2.24. The first-order chi connectivity index (χ1) is 16.7. The van der Waals surface area contributed by atoms with Gasteiger partial charge in [0.05, 0.1) is 34.9 Å². The Morgan fingerprint density at radius 2 is 1.80 bits per heavy atom. The quantitative estimate of drug-likeness (QED) is 0.521. The minimum atomic E-state index is -3.60. The number of benzene rings is 2. The normalized spacial score (nSPS) is 17.1. The molecule has 1 fully saturated rings. The fraction of sp³-hybridized carbons (Fsp3) is 0.400. The average molecular weight is 515 g/mol. The Kier molecular flexibility index (Phi) is 6.31. The summed E-state index contributed by atoms with van der Waals surface area (Å²) in [7, 11) is -3.60. The largest absolute Gasteiger partial charge is 0.343 e. The molecule has 3 aromatic rings. The predicted molar refractivity (Wildman–Crippen MR) is 133 cm³/mol. The number of aromatic nitrogens is 2. The van der Waals surface area contributed by atoms with E-state index in [2.05, 4.69) is 4.98 Å². The van der Waals surface area contributed by atoms with Crippen LogP contribution in [0.15, 0.2) is 47.6 Å². The summed E-state index contributed by atoms with van der Waals surface area (Å²) in [6, 6.07) is 10.3. The van der Waals surface area contributed by atoms with Gasteiger partial charge in [-0.05, 0) is 54.8 Å². The van der Waals surface area contributed by atoms with Crippen molar-refractivity contribution >= 4 is 44.0 Å². The van der Waals surface area contributed by atoms with E-state index in [9.17, 15) is 18.0 Å². The zero-order valence-corrected chi connectivity index (χ0v) is 21.1. The first-order valence-corrected chi connectivity index (χ1v) is 13.7. The third-order valence-corrected chi connectivity index (χ3v) is 9.03. The number of fused-ring (bicyclic) bond motifs is 2. The molecule has 0 N–H and O–H groups in total. The van der Waals surface area contributed by atoms with E-state index in [-0.39, 0.29) is 34.9 Å². The molecule has 0 unspecified atom stereocenters. The molecule has 5 rings (SSSR count). The molecule has 184 valence electrons. The predicted octanol–water partition coefficient (Wildman–Crippen LogP) is 3.20. The fourth-order valence-electron chi connectivity index (χ4n) is 4.98. The third-order valence-electron chi connectivity index (χ3n) is 7.08. The van der Waals surface area contributed by atoms with E-state index in [1.807, 2.05) is 16.4 Å². The van der Waals surface area contributed by atoms with Crippen molar-refractivity contribution in [2.45, 2.75) is 50.2 Å². The Balaban J connectivity index is 1.17.